The Labute approximate surface area is 200 Å². The molecular formula is C32H19NS. The second-order valence-electron chi connectivity index (χ2n) is 8.98. The second kappa shape index (κ2) is 6.69. The molecule has 2 heteroatoms. The smallest absolute Gasteiger partial charge is 0.0719 e. The van der Waals surface area contributed by atoms with E-state index in [2.05, 4.69) is 120 Å². The third-order valence-electron chi connectivity index (χ3n) is 7.17. The van der Waals surface area contributed by atoms with Gasteiger partial charge in [-0.2, -0.15) is 0 Å². The molecule has 0 spiro atoms. The number of nitrogens with zero attached hydrogens (tertiary/aromatic N) is 1. The molecule has 0 fully saturated rings. The Bertz CT molecular complexity index is 2070. The molecule has 34 heavy (non-hydrogen) atoms. The average Bonchev–Trinajstić information content (AvgIpc) is 3.44. The Morgan fingerprint density at radius 2 is 1.15 bits per heavy atom. The van der Waals surface area contributed by atoms with Gasteiger partial charge >= 0.3 is 0 Å². The van der Waals surface area contributed by atoms with Gasteiger partial charge in [0.1, 0.15) is 0 Å². The molecule has 0 saturated heterocycles. The number of hydrogen-bond donors (Lipinski definition) is 0. The Kier molecular flexibility index (Phi) is 3.60. The lowest BCUT2D eigenvalue weighted by Crippen LogP contribution is -1.94. The SMILES string of the molecule is c1ccc2c(c1)ccc1ccc(-n3c4ccccc4c4ccc5c6ccccc6sc5c43)cc12. The van der Waals surface area contributed by atoms with Gasteiger partial charge in [0.2, 0.25) is 0 Å². The fourth-order valence-corrected chi connectivity index (χ4v) is 6.87. The van der Waals surface area contributed by atoms with E-state index >= 15 is 0 Å². The topological polar surface area (TPSA) is 4.93 Å². The van der Waals surface area contributed by atoms with Crippen LogP contribution in [0.1, 0.15) is 0 Å². The minimum Gasteiger partial charge on any atom is -0.308 e. The van der Waals surface area contributed by atoms with Crippen LogP contribution in [0.4, 0.5) is 0 Å². The Balaban J connectivity index is 1.57. The molecule has 0 amide bonds. The van der Waals surface area contributed by atoms with Crippen molar-refractivity contribution in [3.8, 4) is 5.69 Å². The van der Waals surface area contributed by atoms with Crippen LogP contribution in [0.5, 0.6) is 0 Å². The minimum absolute atomic E-state index is 1.21. The van der Waals surface area contributed by atoms with Gasteiger partial charge in [-0.1, -0.05) is 91.0 Å². The quantitative estimate of drug-likeness (QED) is 0.220. The summed E-state index contributed by atoms with van der Waals surface area (Å²) in [6.45, 7) is 0. The van der Waals surface area contributed by atoms with E-state index in [0.717, 1.165) is 0 Å². The van der Waals surface area contributed by atoms with E-state index in [4.69, 9.17) is 0 Å². The highest BCUT2D eigenvalue weighted by atomic mass is 32.1. The lowest BCUT2D eigenvalue weighted by Gasteiger charge is -2.11. The van der Waals surface area contributed by atoms with Crippen molar-refractivity contribution in [3.63, 3.8) is 0 Å². The molecule has 0 atom stereocenters. The largest absolute Gasteiger partial charge is 0.308 e. The van der Waals surface area contributed by atoms with Crippen molar-refractivity contribution in [2.45, 2.75) is 0 Å². The molecule has 158 valence electrons. The summed E-state index contributed by atoms with van der Waals surface area (Å²) >= 11 is 1.90. The van der Waals surface area contributed by atoms with Crippen molar-refractivity contribution in [1.29, 1.82) is 0 Å². The van der Waals surface area contributed by atoms with Crippen molar-refractivity contribution in [2.75, 3.05) is 0 Å². The van der Waals surface area contributed by atoms with Crippen molar-refractivity contribution in [2.24, 2.45) is 0 Å². The van der Waals surface area contributed by atoms with Crippen LogP contribution in [-0.4, -0.2) is 4.57 Å². The fraction of sp³-hybridized carbons (Fsp3) is 0. The van der Waals surface area contributed by atoms with Gasteiger partial charge in [-0.05, 0) is 45.8 Å². The van der Waals surface area contributed by atoms with Crippen LogP contribution in [0, 0.1) is 0 Å². The van der Waals surface area contributed by atoms with Crippen LogP contribution < -0.4 is 0 Å². The Morgan fingerprint density at radius 1 is 0.471 bits per heavy atom. The second-order valence-corrected chi connectivity index (χ2v) is 10.0. The lowest BCUT2D eigenvalue weighted by molar-refractivity contribution is 1.19. The van der Waals surface area contributed by atoms with Gasteiger partial charge in [-0.3, -0.25) is 0 Å². The maximum Gasteiger partial charge on any atom is 0.0719 e. The maximum atomic E-state index is 2.48. The summed E-state index contributed by atoms with van der Waals surface area (Å²) < 4.78 is 5.17. The van der Waals surface area contributed by atoms with Crippen molar-refractivity contribution >= 4 is 74.9 Å². The van der Waals surface area contributed by atoms with Gasteiger partial charge in [0.05, 0.1) is 15.7 Å². The highest BCUT2D eigenvalue weighted by molar-refractivity contribution is 7.26. The van der Waals surface area contributed by atoms with Gasteiger partial charge < -0.3 is 4.57 Å². The van der Waals surface area contributed by atoms with Crippen LogP contribution in [0.15, 0.2) is 115 Å². The summed E-state index contributed by atoms with van der Waals surface area (Å²) in [6, 6.07) is 42.2. The predicted molar refractivity (Wildman–Crippen MR) is 149 cm³/mol. The normalized spacial score (nSPS) is 12.1. The van der Waals surface area contributed by atoms with Crippen LogP contribution >= 0.6 is 11.3 Å². The summed E-state index contributed by atoms with van der Waals surface area (Å²) in [4.78, 5) is 0. The van der Waals surface area contributed by atoms with Gasteiger partial charge in [0.15, 0.2) is 0 Å². The number of para-hydroxylation sites is 1. The minimum atomic E-state index is 1.21. The molecule has 6 aromatic carbocycles. The number of hydrogen-bond acceptors (Lipinski definition) is 1. The van der Waals surface area contributed by atoms with E-state index in [1.165, 1.54) is 69.2 Å². The first-order valence-corrected chi connectivity index (χ1v) is 12.4. The zero-order chi connectivity index (χ0) is 22.2. The number of fused-ring (bicyclic) bond motifs is 10. The van der Waals surface area contributed by atoms with Crippen molar-refractivity contribution in [3.05, 3.63) is 115 Å². The van der Waals surface area contributed by atoms with Gasteiger partial charge in [-0.15, -0.1) is 11.3 Å². The molecule has 0 N–H and O–H groups in total. The molecule has 0 aliphatic carbocycles. The Morgan fingerprint density at radius 3 is 2.06 bits per heavy atom. The zero-order valence-electron chi connectivity index (χ0n) is 18.3. The molecule has 1 nitrogen and oxygen atoms in total. The zero-order valence-corrected chi connectivity index (χ0v) is 19.1. The van der Waals surface area contributed by atoms with E-state index in [-0.39, 0.29) is 0 Å². The summed E-state index contributed by atoms with van der Waals surface area (Å²) in [5.74, 6) is 0. The monoisotopic (exact) mass is 449 g/mol. The predicted octanol–water partition coefficient (Wildman–Crippen LogP) is 9.46. The summed E-state index contributed by atoms with van der Waals surface area (Å²) in [5.41, 5.74) is 3.77. The van der Waals surface area contributed by atoms with E-state index < -0.39 is 0 Å². The number of rotatable bonds is 1. The maximum absolute atomic E-state index is 2.48. The molecular weight excluding hydrogens is 430 g/mol. The molecule has 8 aromatic rings. The third kappa shape index (κ3) is 2.38. The molecule has 0 aliphatic rings. The molecule has 0 radical (unpaired) electrons. The molecule has 0 aliphatic heterocycles. The van der Waals surface area contributed by atoms with E-state index in [9.17, 15) is 0 Å². The van der Waals surface area contributed by atoms with Crippen LogP contribution in [0.2, 0.25) is 0 Å². The van der Waals surface area contributed by atoms with Crippen LogP contribution in [0.3, 0.4) is 0 Å². The molecule has 0 bridgehead atoms. The average molecular weight is 450 g/mol. The van der Waals surface area contributed by atoms with Gasteiger partial charge in [0, 0.05) is 31.9 Å². The molecule has 8 rings (SSSR count). The number of aromatic nitrogens is 1. The van der Waals surface area contributed by atoms with Crippen LogP contribution in [0.25, 0.3) is 69.2 Å². The van der Waals surface area contributed by atoms with E-state index in [1.807, 2.05) is 11.3 Å². The first-order valence-electron chi connectivity index (χ1n) is 11.6. The standard InChI is InChI=1S/C32H19NS/c1-2-8-23-20(7-1)13-14-21-15-16-22(19-28(21)23)33-29-11-5-3-9-24(29)26-17-18-27-25-10-4-6-12-30(25)34-32(27)31(26)33/h1-19H. The fourth-order valence-electron chi connectivity index (χ4n) is 5.63. The van der Waals surface area contributed by atoms with Crippen molar-refractivity contribution < 1.29 is 0 Å². The Hall–Kier alpha value is -4.14. The summed E-state index contributed by atoms with van der Waals surface area (Å²) in [7, 11) is 0. The van der Waals surface area contributed by atoms with Crippen LogP contribution in [-0.2, 0) is 0 Å². The number of benzene rings is 6. The highest BCUT2D eigenvalue weighted by Gasteiger charge is 2.17. The molecule has 2 aromatic heterocycles. The van der Waals surface area contributed by atoms with Gasteiger partial charge in [0.25, 0.3) is 0 Å². The lowest BCUT2D eigenvalue weighted by atomic mass is 10.0. The number of thiophene rings is 1. The first-order chi connectivity index (χ1) is 16.9. The van der Waals surface area contributed by atoms with E-state index in [0.29, 0.717) is 0 Å². The first kappa shape index (κ1) is 18.3. The molecule has 0 unspecified atom stereocenters. The summed E-state index contributed by atoms with van der Waals surface area (Å²) in [5, 5.41) is 10.4. The van der Waals surface area contributed by atoms with Crippen molar-refractivity contribution in [1.82, 2.24) is 4.57 Å². The van der Waals surface area contributed by atoms with E-state index in [1.54, 1.807) is 0 Å². The molecule has 2 heterocycles. The highest BCUT2D eigenvalue weighted by Crippen LogP contribution is 2.43. The summed E-state index contributed by atoms with van der Waals surface area (Å²) in [6.07, 6.45) is 0. The van der Waals surface area contributed by atoms with Gasteiger partial charge in [-0.25, -0.2) is 0 Å². The third-order valence-corrected chi connectivity index (χ3v) is 8.36. The molecule has 0 saturated carbocycles.